The Morgan fingerprint density at radius 2 is 2.38 bits per heavy atom. The third-order valence-electron chi connectivity index (χ3n) is 2.38. The predicted molar refractivity (Wildman–Crippen MR) is 64.3 cm³/mol. The molecule has 1 atom stereocenters. The third kappa shape index (κ3) is 3.22. The van der Waals surface area contributed by atoms with Crippen LogP contribution in [0.1, 0.15) is 26.0 Å². The van der Waals surface area contributed by atoms with E-state index in [0.29, 0.717) is 11.6 Å². The maximum atomic E-state index is 9.16. The molecule has 0 fully saturated rings. The number of nitrogens with one attached hydrogen (secondary N) is 1. The molecular weight excluding hydrogens is 224 g/mol. The number of nitrogens with zero attached hydrogens (tertiary/aromatic N) is 3. The smallest absolute Gasteiger partial charge is 0.123 e. The fraction of sp³-hybridized carbons (Fsp3) is 0.636. The third-order valence-corrected chi connectivity index (χ3v) is 2.75. The van der Waals surface area contributed by atoms with Gasteiger partial charge in [0, 0.05) is 6.20 Å². The molecule has 0 saturated carbocycles. The van der Waals surface area contributed by atoms with Gasteiger partial charge in [-0.1, -0.05) is 18.5 Å². The van der Waals surface area contributed by atoms with E-state index in [1.165, 1.54) is 0 Å². The number of hydrogen-bond donors (Lipinski definition) is 1. The molecule has 88 valence electrons. The summed E-state index contributed by atoms with van der Waals surface area (Å²) in [6.07, 6.45) is 2.75. The van der Waals surface area contributed by atoms with Gasteiger partial charge >= 0.3 is 0 Å². The van der Waals surface area contributed by atoms with Crippen molar-refractivity contribution in [3.05, 3.63) is 16.9 Å². The van der Waals surface area contributed by atoms with Gasteiger partial charge in [-0.2, -0.15) is 10.4 Å². The first-order valence-corrected chi connectivity index (χ1v) is 5.74. The van der Waals surface area contributed by atoms with Crippen LogP contribution >= 0.6 is 11.6 Å². The highest BCUT2D eigenvalue weighted by Crippen LogP contribution is 2.14. The van der Waals surface area contributed by atoms with Gasteiger partial charge < -0.3 is 0 Å². The van der Waals surface area contributed by atoms with Gasteiger partial charge in [0.2, 0.25) is 0 Å². The first-order valence-electron chi connectivity index (χ1n) is 5.36. The summed E-state index contributed by atoms with van der Waals surface area (Å²) < 4.78 is 1.71. The lowest BCUT2D eigenvalue weighted by Gasteiger charge is -2.22. The van der Waals surface area contributed by atoms with Gasteiger partial charge in [0.25, 0.3) is 0 Å². The van der Waals surface area contributed by atoms with Crippen LogP contribution in [-0.2, 0) is 6.54 Å². The van der Waals surface area contributed by atoms with Crippen LogP contribution < -0.4 is 5.32 Å². The highest BCUT2D eigenvalue weighted by atomic mass is 35.5. The second-order valence-electron chi connectivity index (χ2n) is 4.13. The van der Waals surface area contributed by atoms with Crippen LogP contribution in [0.25, 0.3) is 0 Å². The Bertz CT molecular complexity index is 374. The first-order chi connectivity index (χ1) is 7.50. The average molecular weight is 241 g/mol. The van der Waals surface area contributed by atoms with E-state index in [1.807, 2.05) is 13.8 Å². The van der Waals surface area contributed by atoms with Crippen molar-refractivity contribution in [3.8, 4) is 6.07 Å². The van der Waals surface area contributed by atoms with Gasteiger partial charge in [0.1, 0.15) is 5.54 Å². The Balaban J connectivity index is 2.73. The molecule has 0 bridgehead atoms. The second-order valence-corrected chi connectivity index (χ2v) is 4.54. The molecule has 0 aliphatic rings. The van der Waals surface area contributed by atoms with E-state index in [0.717, 1.165) is 18.7 Å². The second kappa shape index (κ2) is 5.33. The van der Waals surface area contributed by atoms with Crippen molar-refractivity contribution in [2.75, 3.05) is 6.54 Å². The summed E-state index contributed by atoms with van der Waals surface area (Å²) in [5.41, 5.74) is 0.190. The topological polar surface area (TPSA) is 53.6 Å². The van der Waals surface area contributed by atoms with Gasteiger partial charge in [0.05, 0.1) is 23.3 Å². The summed E-state index contributed by atoms with van der Waals surface area (Å²) in [5, 5.41) is 17.3. The molecule has 0 amide bonds. The molecule has 0 aliphatic carbocycles. The monoisotopic (exact) mass is 240 g/mol. The summed E-state index contributed by atoms with van der Waals surface area (Å²) in [6.45, 7) is 7.10. The van der Waals surface area contributed by atoms with E-state index in [-0.39, 0.29) is 0 Å². The van der Waals surface area contributed by atoms with Gasteiger partial charge in [-0.15, -0.1) is 0 Å². The molecule has 1 aromatic heterocycles. The average Bonchev–Trinajstić information content (AvgIpc) is 2.55. The Morgan fingerprint density at radius 1 is 1.69 bits per heavy atom. The molecule has 1 heterocycles. The van der Waals surface area contributed by atoms with Crippen LogP contribution in [-0.4, -0.2) is 21.9 Å². The molecular formula is C11H17ClN4. The zero-order chi connectivity index (χ0) is 12.2. The highest BCUT2D eigenvalue weighted by molar-refractivity contribution is 6.31. The Morgan fingerprint density at radius 3 is 2.81 bits per heavy atom. The summed E-state index contributed by atoms with van der Waals surface area (Å²) in [6, 6.07) is 2.28. The number of halogens is 1. The minimum Gasteiger partial charge on any atom is -0.298 e. The number of hydrogen-bond acceptors (Lipinski definition) is 3. The van der Waals surface area contributed by atoms with E-state index in [9.17, 15) is 0 Å². The molecule has 0 spiro atoms. The van der Waals surface area contributed by atoms with Crippen LogP contribution in [0.3, 0.4) is 0 Å². The molecule has 4 nitrogen and oxygen atoms in total. The van der Waals surface area contributed by atoms with E-state index < -0.39 is 5.54 Å². The van der Waals surface area contributed by atoms with Crippen LogP contribution in [0.15, 0.2) is 6.20 Å². The van der Waals surface area contributed by atoms with E-state index in [4.69, 9.17) is 16.9 Å². The SMILES string of the molecule is CCCNC(C)(C#N)Cn1cc(Cl)c(C)n1. The number of rotatable bonds is 5. The lowest BCUT2D eigenvalue weighted by Crippen LogP contribution is -2.45. The van der Waals surface area contributed by atoms with Crippen molar-refractivity contribution in [2.24, 2.45) is 0 Å². The first kappa shape index (κ1) is 13.0. The molecule has 1 rings (SSSR count). The van der Waals surface area contributed by atoms with Crippen LogP contribution in [0.5, 0.6) is 0 Å². The quantitative estimate of drug-likeness (QED) is 0.858. The fourth-order valence-corrected chi connectivity index (χ4v) is 1.58. The molecule has 0 saturated heterocycles. The van der Waals surface area contributed by atoms with Gasteiger partial charge in [-0.05, 0) is 26.8 Å². The van der Waals surface area contributed by atoms with Crippen molar-refractivity contribution in [1.82, 2.24) is 15.1 Å². The van der Waals surface area contributed by atoms with Crippen LogP contribution in [0.4, 0.5) is 0 Å². The number of nitriles is 1. The van der Waals surface area contributed by atoms with Crippen LogP contribution in [0.2, 0.25) is 5.02 Å². The summed E-state index contributed by atoms with van der Waals surface area (Å²) in [5.74, 6) is 0. The zero-order valence-electron chi connectivity index (χ0n) is 9.92. The van der Waals surface area contributed by atoms with Crippen molar-refractivity contribution in [2.45, 2.75) is 39.3 Å². The molecule has 0 aliphatic heterocycles. The summed E-state index contributed by atoms with van der Waals surface area (Å²) >= 11 is 5.92. The Labute approximate surface area is 101 Å². The highest BCUT2D eigenvalue weighted by Gasteiger charge is 2.24. The van der Waals surface area contributed by atoms with Gasteiger partial charge in [0.15, 0.2) is 0 Å². The summed E-state index contributed by atoms with van der Waals surface area (Å²) in [4.78, 5) is 0. The lowest BCUT2D eigenvalue weighted by atomic mass is 10.1. The largest absolute Gasteiger partial charge is 0.298 e. The number of aryl methyl sites for hydroxylation is 1. The molecule has 1 unspecified atom stereocenters. The van der Waals surface area contributed by atoms with E-state index in [2.05, 4.69) is 23.4 Å². The molecule has 0 radical (unpaired) electrons. The molecule has 5 heteroatoms. The van der Waals surface area contributed by atoms with Gasteiger partial charge in [-0.25, -0.2) is 0 Å². The lowest BCUT2D eigenvalue weighted by molar-refractivity contribution is 0.370. The van der Waals surface area contributed by atoms with Gasteiger partial charge in [-0.3, -0.25) is 10.00 Å². The predicted octanol–water partition coefficient (Wildman–Crippen LogP) is 2.13. The van der Waals surface area contributed by atoms with Crippen molar-refractivity contribution < 1.29 is 0 Å². The minimum absolute atomic E-state index is 0.497. The standard InChI is InChI=1S/C11H17ClN4/c1-4-5-14-11(3,7-13)8-16-6-10(12)9(2)15-16/h6,14H,4-5,8H2,1-3H3. The zero-order valence-corrected chi connectivity index (χ0v) is 10.7. The maximum Gasteiger partial charge on any atom is 0.123 e. The minimum atomic E-state index is -0.599. The molecule has 1 aromatic rings. The van der Waals surface area contributed by atoms with Crippen LogP contribution in [0, 0.1) is 18.3 Å². The van der Waals surface area contributed by atoms with Crippen molar-refractivity contribution in [1.29, 1.82) is 5.26 Å². The molecule has 0 aromatic carbocycles. The van der Waals surface area contributed by atoms with Crippen molar-refractivity contribution in [3.63, 3.8) is 0 Å². The van der Waals surface area contributed by atoms with E-state index in [1.54, 1.807) is 10.9 Å². The number of aromatic nitrogens is 2. The maximum absolute atomic E-state index is 9.16. The van der Waals surface area contributed by atoms with E-state index >= 15 is 0 Å². The Hall–Kier alpha value is -1.05. The fourth-order valence-electron chi connectivity index (χ4n) is 1.43. The molecule has 16 heavy (non-hydrogen) atoms. The normalized spacial score (nSPS) is 14.4. The van der Waals surface area contributed by atoms with Crippen molar-refractivity contribution >= 4 is 11.6 Å². The Kier molecular flexibility index (Phi) is 4.34. The molecule has 1 N–H and O–H groups in total. The summed E-state index contributed by atoms with van der Waals surface area (Å²) in [7, 11) is 0.